The molecule has 0 spiro atoms. The molecule has 3 aromatic rings. The molecular formula is C20H18N3+. The maximum absolute atomic E-state index is 9.47. The Kier molecular flexibility index (Phi) is 3.82. The fourth-order valence-electron chi connectivity index (χ4n) is 2.74. The average Bonchev–Trinajstić information content (AvgIpc) is 2.57. The van der Waals surface area contributed by atoms with Gasteiger partial charge in [0.2, 0.25) is 0 Å². The Bertz CT molecular complexity index is 906. The molecule has 1 aromatic heterocycles. The van der Waals surface area contributed by atoms with Crippen LogP contribution < -0.4 is 10.7 Å². The van der Waals surface area contributed by atoms with Crippen molar-refractivity contribution in [1.82, 2.24) is 0 Å². The summed E-state index contributed by atoms with van der Waals surface area (Å²) < 4.78 is 0. The number of benzene rings is 2. The van der Waals surface area contributed by atoms with E-state index in [9.17, 15) is 5.26 Å². The number of hydrogen-bond acceptors (Lipinski definition) is 2. The number of hydrogen-bond donors (Lipinski definition) is 1. The number of rotatable bonds is 2. The van der Waals surface area contributed by atoms with E-state index in [4.69, 9.17) is 5.73 Å². The Hall–Kier alpha value is -3.12. The topological polar surface area (TPSA) is 64.0 Å². The van der Waals surface area contributed by atoms with Gasteiger partial charge >= 0.3 is 0 Å². The highest BCUT2D eigenvalue weighted by Crippen LogP contribution is 2.30. The van der Waals surface area contributed by atoms with Crippen molar-refractivity contribution >= 4 is 5.82 Å². The molecule has 0 saturated carbocycles. The summed E-state index contributed by atoms with van der Waals surface area (Å²) in [5.41, 5.74) is 12.8. The molecule has 0 fully saturated rings. The molecule has 0 aliphatic heterocycles. The Balaban J connectivity index is 2.27. The summed E-state index contributed by atoms with van der Waals surface area (Å²) in [4.78, 5) is 3.18. The van der Waals surface area contributed by atoms with Gasteiger partial charge in [-0.2, -0.15) is 5.26 Å². The monoisotopic (exact) mass is 300 g/mol. The van der Waals surface area contributed by atoms with E-state index in [0.717, 1.165) is 27.9 Å². The van der Waals surface area contributed by atoms with Crippen molar-refractivity contribution in [2.45, 2.75) is 13.8 Å². The maximum atomic E-state index is 9.47. The molecule has 0 aliphatic rings. The summed E-state index contributed by atoms with van der Waals surface area (Å²) in [6.07, 6.45) is 0. The van der Waals surface area contributed by atoms with Gasteiger partial charge in [-0.15, -0.1) is 0 Å². The first-order valence-corrected chi connectivity index (χ1v) is 7.49. The minimum Gasteiger partial charge on any atom is -0.286 e. The van der Waals surface area contributed by atoms with Gasteiger partial charge in [0, 0.05) is 11.1 Å². The summed E-state index contributed by atoms with van der Waals surface area (Å²) in [7, 11) is 0. The number of H-pyrrole nitrogens is 1. The largest absolute Gasteiger partial charge is 0.289 e. The van der Waals surface area contributed by atoms with Crippen molar-refractivity contribution in [2.24, 2.45) is 0 Å². The quantitative estimate of drug-likeness (QED) is 0.780. The van der Waals surface area contributed by atoms with E-state index < -0.39 is 0 Å². The summed E-state index contributed by atoms with van der Waals surface area (Å²) in [6.45, 7) is 4.13. The molecule has 3 nitrogen and oxygen atoms in total. The Morgan fingerprint density at radius 2 is 1.70 bits per heavy atom. The first-order chi connectivity index (χ1) is 11.1. The van der Waals surface area contributed by atoms with Crippen LogP contribution in [0.15, 0.2) is 54.6 Å². The molecular weight excluding hydrogens is 282 g/mol. The van der Waals surface area contributed by atoms with Gasteiger partial charge in [-0.1, -0.05) is 48.0 Å². The molecule has 1 heterocycles. The fourth-order valence-corrected chi connectivity index (χ4v) is 2.74. The lowest BCUT2D eigenvalue weighted by Crippen LogP contribution is -2.17. The van der Waals surface area contributed by atoms with Gasteiger partial charge in [-0.05, 0) is 37.1 Å². The lowest BCUT2D eigenvalue weighted by Gasteiger charge is -2.09. The van der Waals surface area contributed by atoms with Crippen LogP contribution in [0.3, 0.4) is 0 Å². The Morgan fingerprint density at radius 3 is 2.39 bits per heavy atom. The zero-order chi connectivity index (χ0) is 16.4. The molecule has 3 heteroatoms. The smallest absolute Gasteiger partial charge is 0.286 e. The van der Waals surface area contributed by atoms with Crippen molar-refractivity contribution in [3.05, 3.63) is 71.3 Å². The van der Waals surface area contributed by atoms with Crippen LogP contribution in [0.4, 0.5) is 5.82 Å². The Morgan fingerprint density at radius 1 is 0.957 bits per heavy atom. The summed E-state index contributed by atoms with van der Waals surface area (Å²) in [5.74, 6) is 0.393. The second-order valence-corrected chi connectivity index (χ2v) is 5.68. The lowest BCUT2D eigenvalue weighted by atomic mass is 9.96. The second kappa shape index (κ2) is 5.94. The van der Waals surface area contributed by atoms with E-state index in [1.54, 1.807) is 0 Å². The van der Waals surface area contributed by atoms with E-state index in [1.807, 2.05) is 36.4 Å². The molecule has 0 unspecified atom stereocenters. The van der Waals surface area contributed by atoms with Crippen LogP contribution in [-0.2, 0) is 0 Å². The third-order valence-corrected chi connectivity index (χ3v) is 3.98. The highest BCUT2D eigenvalue weighted by Gasteiger charge is 2.17. The predicted molar refractivity (Wildman–Crippen MR) is 92.5 cm³/mol. The van der Waals surface area contributed by atoms with Gasteiger partial charge in [0.05, 0.1) is 0 Å². The number of aryl methyl sites for hydroxylation is 2. The number of aromatic amines is 1. The second-order valence-electron chi connectivity index (χ2n) is 5.68. The third kappa shape index (κ3) is 2.79. The predicted octanol–water partition coefficient (Wildman–Crippen LogP) is 3.91. The van der Waals surface area contributed by atoms with Crippen LogP contribution in [0.5, 0.6) is 0 Å². The van der Waals surface area contributed by atoms with Crippen molar-refractivity contribution in [1.29, 1.82) is 5.26 Å². The SMILES string of the molecule is Cc1ccc(C)c(-c2cc(-c3ccccc3)c(C#N)c(N)[nH+]2)c1. The number of aromatic nitrogens is 1. The van der Waals surface area contributed by atoms with Gasteiger partial charge in [-0.3, -0.25) is 5.73 Å². The number of nitrogens with two attached hydrogens (primary N) is 1. The number of anilines is 1. The number of nitrogens with zero attached hydrogens (tertiary/aromatic N) is 1. The van der Waals surface area contributed by atoms with Crippen molar-refractivity contribution < 1.29 is 4.98 Å². The van der Waals surface area contributed by atoms with E-state index >= 15 is 0 Å². The fraction of sp³-hybridized carbons (Fsp3) is 0.100. The zero-order valence-electron chi connectivity index (χ0n) is 13.2. The third-order valence-electron chi connectivity index (χ3n) is 3.98. The van der Waals surface area contributed by atoms with Crippen molar-refractivity contribution in [3.8, 4) is 28.5 Å². The van der Waals surface area contributed by atoms with E-state index in [0.29, 0.717) is 11.4 Å². The first kappa shape index (κ1) is 14.8. The normalized spacial score (nSPS) is 10.3. The van der Waals surface area contributed by atoms with Gasteiger partial charge in [0.25, 0.3) is 5.82 Å². The maximum Gasteiger partial charge on any atom is 0.289 e. The van der Waals surface area contributed by atoms with Crippen LogP contribution >= 0.6 is 0 Å². The van der Waals surface area contributed by atoms with Gasteiger partial charge in [0.1, 0.15) is 17.3 Å². The van der Waals surface area contributed by atoms with Crippen molar-refractivity contribution in [2.75, 3.05) is 5.73 Å². The molecule has 0 saturated heterocycles. The molecule has 0 amide bonds. The number of nitriles is 1. The Labute approximate surface area is 136 Å². The van der Waals surface area contributed by atoms with Gasteiger partial charge in [-0.25, -0.2) is 4.98 Å². The minimum absolute atomic E-state index is 0.393. The van der Waals surface area contributed by atoms with E-state index in [1.165, 1.54) is 5.56 Å². The average molecular weight is 300 g/mol. The summed E-state index contributed by atoms with van der Waals surface area (Å²) in [5, 5.41) is 9.47. The summed E-state index contributed by atoms with van der Waals surface area (Å²) >= 11 is 0. The molecule has 0 radical (unpaired) electrons. The minimum atomic E-state index is 0.393. The van der Waals surface area contributed by atoms with Crippen LogP contribution in [-0.4, -0.2) is 0 Å². The molecule has 0 bridgehead atoms. The molecule has 112 valence electrons. The van der Waals surface area contributed by atoms with Gasteiger partial charge in [0.15, 0.2) is 0 Å². The highest BCUT2D eigenvalue weighted by atomic mass is 14.8. The number of nitrogens with one attached hydrogen (secondary N) is 1. The van der Waals surface area contributed by atoms with E-state index in [2.05, 4.69) is 43.1 Å². The molecule has 2 aromatic carbocycles. The van der Waals surface area contributed by atoms with Crippen LogP contribution in [0.1, 0.15) is 16.7 Å². The first-order valence-electron chi connectivity index (χ1n) is 7.49. The standard InChI is InChI=1S/C20H17N3/c1-13-8-9-14(2)16(10-13)19-11-17(15-6-4-3-5-7-15)18(12-21)20(22)23-19/h3-11H,1-2H3,(H2,22,23)/p+1. The zero-order valence-corrected chi connectivity index (χ0v) is 13.2. The highest BCUT2D eigenvalue weighted by molar-refractivity contribution is 5.78. The van der Waals surface area contributed by atoms with Crippen LogP contribution in [0.2, 0.25) is 0 Å². The van der Waals surface area contributed by atoms with Crippen molar-refractivity contribution in [3.63, 3.8) is 0 Å². The van der Waals surface area contributed by atoms with Gasteiger partial charge < -0.3 is 0 Å². The molecule has 3 N–H and O–H groups in total. The number of nitrogen functional groups attached to an aromatic ring is 1. The number of pyridine rings is 1. The summed E-state index contributed by atoms with van der Waals surface area (Å²) in [6, 6.07) is 20.4. The molecule has 0 aliphatic carbocycles. The van der Waals surface area contributed by atoms with Crippen LogP contribution in [0, 0.1) is 25.2 Å². The van der Waals surface area contributed by atoms with E-state index in [-0.39, 0.29) is 0 Å². The molecule has 0 atom stereocenters. The molecule has 23 heavy (non-hydrogen) atoms. The lowest BCUT2D eigenvalue weighted by molar-refractivity contribution is -0.347. The van der Waals surface area contributed by atoms with Crippen LogP contribution in [0.25, 0.3) is 22.4 Å². The molecule has 3 rings (SSSR count).